The normalized spacial score (nSPS) is 11.4. The largest absolute Gasteiger partial charge is 0.493 e. The summed E-state index contributed by atoms with van der Waals surface area (Å²) in [5, 5.41) is 9.25. The molecule has 5 aromatic rings. The van der Waals surface area contributed by atoms with E-state index in [9.17, 15) is 36.6 Å². The van der Waals surface area contributed by atoms with Gasteiger partial charge in [-0.15, -0.1) is 0 Å². The van der Waals surface area contributed by atoms with Crippen LogP contribution in [0.1, 0.15) is 54.1 Å². The number of ether oxygens (including phenoxy) is 3. The van der Waals surface area contributed by atoms with Crippen molar-refractivity contribution in [2.45, 2.75) is 33.9 Å². The zero-order valence-electron chi connectivity index (χ0n) is 28.2. The van der Waals surface area contributed by atoms with E-state index in [0.717, 1.165) is 16.5 Å². The standard InChI is InChI=1S/C19H16F4N2O3.C17H19FN2O3/c1-10(2)9-28-13-6-11(5-12(20)7-13)15-4-3-14(18(26)27)17-24-16(8-25(15)17)19(21,22)23;1-10(2)9-23-13-7-11(6-12(18)8-13)15-5-4-14(16(19)20-15)17(21)22-3/h3-8,10H,9H2,1-2H3,(H,26,27);4-8,10H,9H2,1-3H3,(H2,19,20). The zero-order valence-corrected chi connectivity index (χ0v) is 28.2. The predicted octanol–water partition coefficient (Wildman–Crippen LogP) is 8.18. The molecule has 0 atom stereocenters. The van der Waals surface area contributed by atoms with Crippen molar-refractivity contribution in [2.75, 3.05) is 26.1 Å². The van der Waals surface area contributed by atoms with Crippen LogP contribution in [0.3, 0.4) is 0 Å². The van der Waals surface area contributed by atoms with Crippen molar-refractivity contribution in [3.63, 3.8) is 0 Å². The maximum atomic E-state index is 14.1. The van der Waals surface area contributed by atoms with Gasteiger partial charge in [0.15, 0.2) is 11.3 Å². The first-order chi connectivity index (χ1) is 24.0. The fourth-order valence-electron chi connectivity index (χ4n) is 4.64. The molecule has 0 aliphatic rings. The van der Waals surface area contributed by atoms with Crippen LogP contribution in [0.15, 0.2) is 66.9 Å². The monoisotopic (exact) mass is 714 g/mol. The third-order valence-corrected chi connectivity index (χ3v) is 6.97. The molecule has 3 aromatic heterocycles. The summed E-state index contributed by atoms with van der Waals surface area (Å²) >= 11 is 0. The third kappa shape index (κ3) is 9.71. The Hall–Kier alpha value is -5.73. The van der Waals surface area contributed by atoms with E-state index in [-0.39, 0.29) is 40.0 Å². The van der Waals surface area contributed by atoms with Crippen LogP contribution in [0, 0.1) is 23.5 Å². The van der Waals surface area contributed by atoms with Gasteiger partial charge in [0.25, 0.3) is 0 Å². The van der Waals surface area contributed by atoms with Crippen LogP contribution in [-0.2, 0) is 10.9 Å². The number of hydrogen-bond acceptors (Lipinski definition) is 8. The number of fused-ring (bicyclic) bond motifs is 1. The third-order valence-electron chi connectivity index (χ3n) is 6.97. The SMILES string of the molecule is CC(C)COc1cc(F)cc(-c2ccc(C(=O)O)c3nc(C(F)(F)F)cn23)c1.COC(=O)c1ccc(-c2cc(F)cc(OCC(C)C)c2)nc1N. The number of nitrogen functional groups attached to an aromatic ring is 1. The van der Waals surface area contributed by atoms with Crippen LogP contribution >= 0.6 is 0 Å². The minimum Gasteiger partial charge on any atom is -0.493 e. The number of alkyl halides is 3. The number of anilines is 1. The van der Waals surface area contributed by atoms with Crippen LogP contribution in [0.5, 0.6) is 11.5 Å². The summed E-state index contributed by atoms with van der Waals surface area (Å²) in [6, 6.07) is 13.7. The van der Waals surface area contributed by atoms with Crippen molar-refractivity contribution in [3.8, 4) is 34.0 Å². The predicted molar refractivity (Wildman–Crippen MR) is 179 cm³/mol. The molecule has 3 N–H and O–H groups in total. The topological polar surface area (TPSA) is 138 Å². The van der Waals surface area contributed by atoms with Crippen molar-refractivity contribution in [2.24, 2.45) is 11.8 Å². The minimum absolute atomic E-state index is 0.0308. The maximum absolute atomic E-state index is 14.1. The Labute approximate surface area is 289 Å². The van der Waals surface area contributed by atoms with Gasteiger partial charge in [0.2, 0.25) is 0 Å². The van der Waals surface area contributed by atoms with Gasteiger partial charge < -0.3 is 25.1 Å². The number of carbonyl (C=O) groups is 2. The van der Waals surface area contributed by atoms with Crippen LogP contribution < -0.4 is 15.2 Å². The highest BCUT2D eigenvalue weighted by molar-refractivity contribution is 5.95. The molecule has 3 heterocycles. The van der Waals surface area contributed by atoms with Gasteiger partial charge in [-0.1, -0.05) is 27.7 Å². The average molecular weight is 715 g/mol. The van der Waals surface area contributed by atoms with E-state index in [4.69, 9.17) is 15.2 Å². The fraction of sp³-hybridized carbons (Fsp3) is 0.278. The molecular formula is C36H35F5N4O6. The molecule has 270 valence electrons. The highest BCUT2D eigenvalue weighted by Crippen LogP contribution is 2.33. The molecule has 0 unspecified atom stereocenters. The van der Waals surface area contributed by atoms with Crippen molar-refractivity contribution >= 4 is 23.4 Å². The number of halogens is 5. The van der Waals surface area contributed by atoms with E-state index in [1.807, 2.05) is 27.7 Å². The minimum atomic E-state index is -4.76. The first kappa shape index (κ1) is 38.1. The fourth-order valence-corrected chi connectivity index (χ4v) is 4.64. The van der Waals surface area contributed by atoms with Gasteiger partial charge in [-0.2, -0.15) is 13.2 Å². The highest BCUT2D eigenvalue weighted by atomic mass is 19.4. The molecule has 5 rings (SSSR count). The number of carboxylic acid groups (broad SMARTS) is 1. The van der Waals surface area contributed by atoms with E-state index >= 15 is 0 Å². The number of imidazole rings is 1. The Morgan fingerprint density at radius 1 is 0.824 bits per heavy atom. The maximum Gasteiger partial charge on any atom is 0.434 e. The van der Waals surface area contributed by atoms with Crippen molar-refractivity contribution < 1.29 is 50.9 Å². The summed E-state index contributed by atoms with van der Waals surface area (Å²) < 4.78 is 83.8. The van der Waals surface area contributed by atoms with Crippen molar-refractivity contribution in [1.82, 2.24) is 14.4 Å². The van der Waals surface area contributed by atoms with E-state index in [0.29, 0.717) is 42.3 Å². The Kier molecular flexibility index (Phi) is 11.8. The van der Waals surface area contributed by atoms with Gasteiger partial charge in [0, 0.05) is 29.5 Å². The smallest absolute Gasteiger partial charge is 0.434 e. The molecule has 0 fully saturated rings. The van der Waals surface area contributed by atoms with Crippen LogP contribution in [0.2, 0.25) is 0 Å². The molecule has 0 saturated heterocycles. The van der Waals surface area contributed by atoms with Crippen LogP contribution in [-0.4, -0.2) is 51.7 Å². The Balaban J connectivity index is 0.000000233. The number of benzene rings is 2. The molecule has 0 aliphatic carbocycles. The van der Waals surface area contributed by atoms with Crippen molar-refractivity contribution in [3.05, 3.63) is 95.3 Å². The summed E-state index contributed by atoms with van der Waals surface area (Å²) in [6.45, 7) is 8.67. The number of pyridine rings is 2. The first-order valence-corrected chi connectivity index (χ1v) is 15.5. The second kappa shape index (κ2) is 15.9. The summed E-state index contributed by atoms with van der Waals surface area (Å²) in [5.41, 5.74) is 5.27. The number of nitrogens with zero attached hydrogens (tertiary/aromatic N) is 3. The van der Waals surface area contributed by atoms with Gasteiger partial charge in [0.1, 0.15) is 40.1 Å². The molecule has 10 nitrogen and oxygen atoms in total. The first-order valence-electron chi connectivity index (χ1n) is 15.5. The van der Waals surface area contributed by atoms with Crippen molar-refractivity contribution in [1.29, 1.82) is 0 Å². The number of nitrogens with two attached hydrogens (primary N) is 1. The van der Waals surface area contributed by atoms with E-state index in [2.05, 4.69) is 14.7 Å². The number of aromatic nitrogens is 3. The number of aromatic carboxylic acids is 1. The summed E-state index contributed by atoms with van der Waals surface area (Å²) in [6.07, 6.45) is -4.07. The van der Waals surface area contributed by atoms with Gasteiger partial charge in [-0.05, 0) is 60.4 Å². The number of carbonyl (C=O) groups excluding carboxylic acids is 1. The number of rotatable bonds is 10. The molecule has 2 aromatic carbocycles. The highest BCUT2D eigenvalue weighted by Gasteiger charge is 2.35. The Morgan fingerprint density at radius 2 is 1.37 bits per heavy atom. The van der Waals surface area contributed by atoms with Crippen LogP contribution in [0.4, 0.5) is 27.8 Å². The zero-order chi connectivity index (χ0) is 37.6. The molecule has 0 saturated carbocycles. The van der Waals surface area contributed by atoms with E-state index < -0.39 is 41.0 Å². The molecule has 51 heavy (non-hydrogen) atoms. The molecule has 0 amide bonds. The summed E-state index contributed by atoms with van der Waals surface area (Å²) in [5.74, 6) is -1.87. The molecule has 0 radical (unpaired) electrons. The summed E-state index contributed by atoms with van der Waals surface area (Å²) in [4.78, 5) is 30.5. The van der Waals surface area contributed by atoms with Gasteiger partial charge >= 0.3 is 18.1 Å². The van der Waals surface area contributed by atoms with E-state index in [1.54, 1.807) is 12.1 Å². The Bertz CT molecular complexity index is 2050. The molecule has 0 aliphatic heterocycles. The lowest BCUT2D eigenvalue weighted by molar-refractivity contribution is -0.140. The number of hydrogen-bond donors (Lipinski definition) is 2. The van der Waals surface area contributed by atoms with Gasteiger partial charge in [-0.3, -0.25) is 4.40 Å². The number of methoxy groups -OCH3 is 1. The second-order valence-electron chi connectivity index (χ2n) is 12.1. The quantitative estimate of drug-likeness (QED) is 0.108. The average Bonchev–Trinajstić information content (AvgIpc) is 3.52. The molecule has 0 bridgehead atoms. The lowest BCUT2D eigenvalue weighted by Crippen LogP contribution is -2.08. The van der Waals surface area contributed by atoms with Crippen LogP contribution in [0.25, 0.3) is 28.2 Å². The molecule has 0 spiro atoms. The Morgan fingerprint density at radius 3 is 1.88 bits per heavy atom. The van der Waals surface area contributed by atoms with Gasteiger partial charge in [0.05, 0.1) is 31.7 Å². The lowest BCUT2D eigenvalue weighted by Gasteiger charge is -2.12. The van der Waals surface area contributed by atoms with Gasteiger partial charge in [-0.25, -0.2) is 28.3 Å². The number of carboxylic acids is 1. The summed E-state index contributed by atoms with van der Waals surface area (Å²) in [7, 11) is 1.26. The van der Waals surface area contributed by atoms with E-state index in [1.165, 1.54) is 43.5 Å². The molecule has 15 heteroatoms. The lowest BCUT2D eigenvalue weighted by atomic mass is 10.1. The second-order valence-corrected chi connectivity index (χ2v) is 12.1. The number of esters is 1. The molecular weight excluding hydrogens is 679 g/mol.